The summed E-state index contributed by atoms with van der Waals surface area (Å²) in [5.74, 6) is 0.123. The molecule has 0 aliphatic carbocycles. The fraction of sp³-hybridized carbons (Fsp3) is 0.400. The third-order valence-corrected chi connectivity index (χ3v) is 4.73. The number of carbonyl (C=O) groups is 2. The van der Waals surface area contributed by atoms with E-state index in [0.717, 1.165) is 5.76 Å². The number of rotatable bonds is 3. The SMILES string of the molecule is Cc1ccc(-c2nc(C)c(C(=O)N3CCOC(C(=O)O)C3)s2)o1. The quantitative estimate of drug-likeness (QED) is 0.921. The number of morpholine rings is 1. The standard InChI is InChI=1S/C15H16N2O5S/c1-8-3-4-10(22-8)13-16-9(2)12(23-13)14(18)17-5-6-21-11(7-17)15(19)20/h3-4,11H,5-7H2,1-2H3,(H,19,20). The molecule has 0 spiro atoms. The Morgan fingerprint density at radius 2 is 2.17 bits per heavy atom. The lowest BCUT2D eigenvalue weighted by molar-refractivity contribution is -0.154. The Kier molecular flexibility index (Phi) is 4.18. The third-order valence-electron chi connectivity index (χ3n) is 3.57. The van der Waals surface area contributed by atoms with Gasteiger partial charge in [-0.3, -0.25) is 4.79 Å². The predicted molar refractivity (Wildman–Crippen MR) is 82.6 cm³/mol. The minimum atomic E-state index is -1.06. The van der Waals surface area contributed by atoms with Crippen molar-refractivity contribution in [3.8, 4) is 10.8 Å². The van der Waals surface area contributed by atoms with Gasteiger partial charge in [-0.05, 0) is 26.0 Å². The number of amides is 1. The lowest BCUT2D eigenvalue weighted by atomic mass is 10.2. The maximum absolute atomic E-state index is 12.7. The van der Waals surface area contributed by atoms with E-state index < -0.39 is 12.1 Å². The summed E-state index contributed by atoms with van der Waals surface area (Å²) in [6, 6.07) is 3.66. The van der Waals surface area contributed by atoms with Crippen LogP contribution in [0.3, 0.4) is 0 Å². The molecule has 2 aromatic heterocycles. The van der Waals surface area contributed by atoms with Gasteiger partial charge in [0.2, 0.25) is 0 Å². The van der Waals surface area contributed by atoms with Gasteiger partial charge >= 0.3 is 5.97 Å². The summed E-state index contributed by atoms with van der Waals surface area (Å²) in [7, 11) is 0. The molecule has 0 radical (unpaired) electrons. The number of hydrogen-bond acceptors (Lipinski definition) is 6. The molecule has 2 aromatic rings. The average molecular weight is 336 g/mol. The fourth-order valence-corrected chi connectivity index (χ4v) is 3.37. The molecule has 23 heavy (non-hydrogen) atoms. The zero-order valence-electron chi connectivity index (χ0n) is 12.7. The Hall–Kier alpha value is -2.19. The molecule has 1 fully saturated rings. The molecular weight excluding hydrogens is 320 g/mol. The zero-order valence-corrected chi connectivity index (χ0v) is 13.6. The van der Waals surface area contributed by atoms with Crippen LogP contribution in [0.4, 0.5) is 0 Å². The Morgan fingerprint density at radius 1 is 1.39 bits per heavy atom. The van der Waals surface area contributed by atoms with Crippen LogP contribution in [0, 0.1) is 13.8 Å². The molecule has 1 saturated heterocycles. The van der Waals surface area contributed by atoms with E-state index in [2.05, 4.69) is 4.98 Å². The first-order chi connectivity index (χ1) is 11.0. The van der Waals surface area contributed by atoms with Gasteiger partial charge in [0.1, 0.15) is 10.6 Å². The second-order valence-corrected chi connectivity index (χ2v) is 6.29. The number of carbonyl (C=O) groups excluding carboxylic acids is 1. The Labute approximate surface area is 136 Å². The van der Waals surface area contributed by atoms with Crippen LogP contribution in [-0.4, -0.2) is 52.7 Å². The highest BCUT2D eigenvalue weighted by atomic mass is 32.1. The van der Waals surface area contributed by atoms with Crippen molar-refractivity contribution in [1.82, 2.24) is 9.88 Å². The van der Waals surface area contributed by atoms with Crippen LogP contribution in [0.5, 0.6) is 0 Å². The summed E-state index contributed by atoms with van der Waals surface area (Å²) in [5.41, 5.74) is 0.613. The molecule has 122 valence electrons. The highest BCUT2D eigenvalue weighted by Gasteiger charge is 2.31. The fourth-order valence-electron chi connectivity index (χ4n) is 2.38. The Bertz CT molecular complexity index is 751. The maximum atomic E-state index is 12.7. The Balaban J connectivity index is 1.82. The van der Waals surface area contributed by atoms with Crippen molar-refractivity contribution < 1.29 is 23.8 Å². The number of aliphatic carboxylic acids is 1. The van der Waals surface area contributed by atoms with Gasteiger partial charge in [0.25, 0.3) is 5.91 Å². The molecule has 3 rings (SSSR count). The van der Waals surface area contributed by atoms with Crippen molar-refractivity contribution in [1.29, 1.82) is 0 Å². The molecule has 8 heteroatoms. The van der Waals surface area contributed by atoms with Crippen LogP contribution < -0.4 is 0 Å². The van der Waals surface area contributed by atoms with E-state index in [1.807, 2.05) is 19.1 Å². The number of carboxylic acid groups (broad SMARTS) is 1. The van der Waals surface area contributed by atoms with Gasteiger partial charge in [0.05, 0.1) is 18.8 Å². The highest BCUT2D eigenvalue weighted by molar-refractivity contribution is 7.17. The normalized spacial score (nSPS) is 18.2. The molecular formula is C15H16N2O5S. The molecule has 1 amide bonds. The topological polar surface area (TPSA) is 92.9 Å². The van der Waals surface area contributed by atoms with Gasteiger partial charge in [0.15, 0.2) is 16.9 Å². The molecule has 0 saturated carbocycles. The van der Waals surface area contributed by atoms with E-state index in [1.165, 1.54) is 16.2 Å². The lowest BCUT2D eigenvalue weighted by Gasteiger charge is -2.30. The van der Waals surface area contributed by atoms with E-state index in [0.29, 0.717) is 27.9 Å². The smallest absolute Gasteiger partial charge is 0.334 e. The van der Waals surface area contributed by atoms with Crippen molar-refractivity contribution in [3.63, 3.8) is 0 Å². The summed E-state index contributed by atoms with van der Waals surface area (Å²) in [6.07, 6.45) is -0.979. The molecule has 3 heterocycles. The molecule has 1 aliphatic rings. The van der Waals surface area contributed by atoms with E-state index >= 15 is 0 Å². The molecule has 7 nitrogen and oxygen atoms in total. The van der Waals surface area contributed by atoms with E-state index in [-0.39, 0.29) is 19.1 Å². The number of furan rings is 1. The third kappa shape index (κ3) is 3.13. The minimum absolute atomic E-state index is 0.0424. The van der Waals surface area contributed by atoms with Crippen LogP contribution in [0.2, 0.25) is 0 Å². The molecule has 0 bridgehead atoms. The molecule has 1 N–H and O–H groups in total. The second-order valence-electron chi connectivity index (χ2n) is 5.29. The maximum Gasteiger partial charge on any atom is 0.334 e. The monoisotopic (exact) mass is 336 g/mol. The van der Waals surface area contributed by atoms with Crippen molar-refractivity contribution in [2.45, 2.75) is 20.0 Å². The van der Waals surface area contributed by atoms with Gasteiger partial charge in [-0.25, -0.2) is 9.78 Å². The average Bonchev–Trinajstić information content (AvgIpc) is 3.12. The summed E-state index contributed by atoms with van der Waals surface area (Å²) < 4.78 is 10.7. The molecule has 1 unspecified atom stereocenters. The van der Waals surface area contributed by atoms with Crippen molar-refractivity contribution >= 4 is 23.2 Å². The van der Waals surface area contributed by atoms with Crippen LogP contribution in [0.1, 0.15) is 21.1 Å². The van der Waals surface area contributed by atoms with Crippen molar-refractivity contribution in [2.75, 3.05) is 19.7 Å². The van der Waals surface area contributed by atoms with E-state index in [4.69, 9.17) is 14.3 Å². The van der Waals surface area contributed by atoms with Crippen molar-refractivity contribution in [2.24, 2.45) is 0 Å². The number of aromatic nitrogens is 1. The largest absolute Gasteiger partial charge is 0.479 e. The minimum Gasteiger partial charge on any atom is -0.479 e. The number of hydrogen-bond donors (Lipinski definition) is 1. The Morgan fingerprint density at radius 3 is 2.83 bits per heavy atom. The molecule has 1 atom stereocenters. The van der Waals surface area contributed by atoms with Crippen LogP contribution in [-0.2, 0) is 9.53 Å². The van der Waals surface area contributed by atoms with Gasteiger partial charge in [-0.2, -0.15) is 0 Å². The van der Waals surface area contributed by atoms with Gasteiger partial charge in [-0.15, -0.1) is 11.3 Å². The van der Waals surface area contributed by atoms with Crippen LogP contribution >= 0.6 is 11.3 Å². The summed E-state index contributed by atoms with van der Waals surface area (Å²) in [6.45, 7) is 4.23. The summed E-state index contributed by atoms with van der Waals surface area (Å²) in [5, 5.41) is 9.67. The van der Waals surface area contributed by atoms with Gasteiger partial charge < -0.3 is 19.2 Å². The number of carboxylic acids is 1. The summed E-state index contributed by atoms with van der Waals surface area (Å²) in [4.78, 5) is 30.1. The number of nitrogens with zero attached hydrogens (tertiary/aromatic N) is 2. The summed E-state index contributed by atoms with van der Waals surface area (Å²) >= 11 is 1.25. The van der Waals surface area contributed by atoms with Crippen LogP contribution in [0.25, 0.3) is 10.8 Å². The number of ether oxygens (including phenoxy) is 1. The van der Waals surface area contributed by atoms with Gasteiger partial charge in [0, 0.05) is 6.54 Å². The lowest BCUT2D eigenvalue weighted by Crippen LogP contribution is -2.48. The number of thiazole rings is 1. The van der Waals surface area contributed by atoms with E-state index in [1.54, 1.807) is 6.92 Å². The first kappa shape index (κ1) is 15.7. The second kappa shape index (κ2) is 6.13. The highest BCUT2D eigenvalue weighted by Crippen LogP contribution is 2.30. The predicted octanol–water partition coefficient (Wildman–Crippen LogP) is 1.95. The first-order valence-corrected chi connectivity index (χ1v) is 7.95. The molecule has 0 aromatic carbocycles. The zero-order chi connectivity index (χ0) is 16.6. The van der Waals surface area contributed by atoms with E-state index in [9.17, 15) is 9.59 Å². The first-order valence-electron chi connectivity index (χ1n) is 7.13. The van der Waals surface area contributed by atoms with Crippen LogP contribution in [0.15, 0.2) is 16.5 Å². The molecule has 1 aliphatic heterocycles. The number of aryl methyl sites for hydroxylation is 2. The van der Waals surface area contributed by atoms with Gasteiger partial charge in [-0.1, -0.05) is 0 Å². The van der Waals surface area contributed by atoms with Crippen molar-refractivity contribution in [3.05, 3.63) is 28.5 Å².